The standard InChI is InChI=1S/3C16H28O/c3*17-16-14-12-10-8-6-4-2-1-3-5-7-9-11-13-15-16/h2,4H,1,3,5-15H2;2*1-2H,3-15H2/b4-2+;2*2-1-. The molecule has 0 aromatic carbocycles. The van der Waals surface area contributed by atoms with E-state index in [-0.39, 0.29) is 0 Å². The Morgan fingerprint density at radius 3 is 0.529 bits per heavy atom. The first-order valence-corrected chi connectivity index (χ1v) is 22.7. The van der Waals surface area contributed by atoms with Crippen LogP contribution in [0, 0.1) is 0 Å². The second kappa shape index (κ2) is 39.4. The first-order valence-electron chi connectivity index (χ1n) is 22.7. The van der Waals surface area contributed by atoms with E-state index in [0.717, 1.165) is 77.0 Å². The summed E-state index contributed by atoms with van der Waals surface area (Å²) >= 11 is 0. The fraction of sp³-hybridized carbons (Fsp3) is 0.812. The van der Waals surface area contributed by atoms with Crippen LogP contribution in [0.1, 0.15) is 250 Å². The lowest BCUT2D eigenvalue weighted by Gasteiger charge is -2.03. The van der Waals surface area contributed by atoms with Crippen molar-refractivity contribution >= 4 is 17.3 Å². The minimum absolute atomic E-state index is 0.493. The van der Waals surface area contributed by atoms with Gasteiger partial charge in [0.2, 0.25) is 0 Å². The molecule has 0 spiro atoms. The summed E-state index contributed by atoms with van der Waals surface area (Å²) in [5.74, 6) is 1.49. The van der Waals surface area contributed by atoms with Gasteiger partial charge in [-0.3, -0.25) is 14.4 Å². The van der Waals surface area contributed by atoms with Crippen molar-refractivity contribution < 1.29 is 14.4 Å². The molecule has 3 aliphatic rings. The molecule has 0 atom stereocenters. The van der Waals surface area contributed by atoms with Crippen molar-refractivity contribution in [2.75, 3.05) is 0 Å². The minimum Gasteiger partial charge on any atom is -0.300 e. The Labute approximate surface area is 317 Å². The molecule has 0 saturated heterocycles. The summed E-state index contributed by atoms with van der Waals surface area (Å²) in [6.45, 7) is 0. The molecule has 0 aromatic rings. The monoisotopic (exact) mass is 709 g/mol. The summed E-state index contributed by atoms with van der Waals surface area (Å²) < 4.78 is 0. The summed E-state index contributed by atoms with van der Waals surface area (Å²) in [6, 6.07) is 0. The molecule has 3 heteroatoms. The number of hydrogen-bond donors (Lipinski definition) is 0. The zero-order valence-corrected chi connectivity index (χ0v) is 33.8. The Bertz CT molecular complexity index is 833. The van der Waals surface area contributed by atoms with Gasteiger partial charge in [0, 0.05) is 38.5 Å². The van der Waals surface area contributed by atoms with Gasteiger partial charge in [0.15, 0.2) is 0 Å². The van der Waals surface area contributed by atoms with Crippen LogP contribution in [0.5, 0.6) is 0 Å². The molecule has 294 valence electrons. The van der Waals surface area contributed by atoms with Gasteiger partial charge in [0.05, 0.1) is 0 Å². The van der Waals surface area contributed by atoms with E-state index in [1.54, 1.807) is 0 Å². The van der Waals surface area contributed by atoms with E-state index in [0.29, 0.717) is 17.3 Å². The topological polar surface area (TPSA) is 51.2 Å². The highest BCUT2D eigenvalue weighted by atomic mass is 16.1. The number of carbonyl (C=O) groups excluding carboxylic acids is 3. The van der Waals surface area contributed by atoms with Gasteiger partial charge in [-0.05, 0) is 116 Å². The van der Waals surface area contributed by atoms with Crippen molar-refractivity contribution in [3.63, 3.8) is 0 Å². The van der Waals surface area contributed by atoms with Crippen LogP contribution < -0.4 is 0 Å². The van der Waals surface area contributed by atoms with Crippen molar-refractivity contribution in [1.29, 1.82) is 0 Å². The average molecular weight is 709 g/mol. The zero-order chi connectivity index (χ0) is 36.6. The van der Waals surface area contributed by atoms with Crippen molar-refractivity contribution in [3.8, 4) is 0 Å². The lowest BCUT2D eigenvalue weighted by atomic mass is 10.0. The third-order valence-corrected chi connectivity index (χ3v) is 10.7. The number of hydrogen-bond acceptors (Lipinski definition) is 3. The molecule has 0 unspecified atom stereocenters. The van der Waals surface area contributed by atoms with Crippen molar-refractivity contribution in [1.82, 2.24) is 0 Å². The molecular formula is C48H84O3. The van der Waals surface area contributed by atoms with Crippen LogP contribution in [-0.2, 0) is 14.4 Å². The highest BCUT2D eigenvalue weighted by Gasteiger charge is 2.04. The second-order valence-electron chi connectivity index (χ2n) is 15.8. The highest BCUT2D eigenvalue weighted by molar-refractivity contribution is 5.78. The fourth-order valence-corrected chi connectivity index (χ4v) is 7.24. The molecule has 0 bridgehead atoms. The number of allylic oxidation sites excluding steroid dienone is 6. The smallest absolute Gasteiger partial charge is 0.132 e. The van der Waals surface area contributed by atoms with Crippen molar-refractivity contribution in [2.45, 2.75) is 250 Å². The van der Waals surface area contributed by atoms with Crippen LogP contribution in [0.2, 0.25) is 0 Å². The van der Waals surface area contributed by atoms with E-state index in [4.69, 9.17) is 0 Å². The first-order chi connectivity index (χ1) is 25.2. The fourth-order valence-electron chi connectivity index (χ4n) is 7.24. The number of Topliss-reactive ketones (excluding diaryl/α,β-unsaturated/α-hetero) is 3. The van der Waals surface area contributed by atoms with Crippen molar-refractivity contribution in [3.05, 3.63) is 36.5 Å². The van der Waals surface area contributed by atoms with E-state index < -0.39 is 0 Å². The molecule has 0 fully saturated rings. The molecule has 0 N–H and O–H groups in total. The molecule has 3 aliphatic carbocycles. The van der Waals surface area contributed by atoms with Gasteiger partial charge in [-0.2, -0.15) is 0 Å². The quantitative estimate of drug-likeness (QED) is 0.235. The highest BCUT2D eigenvalue weighted by Crippen LogP contribution is 2.15. The summed E-state index contributed by atoms with van der Waals surface area (Å²) in [5.41, 5.74) is 0. The lowest BCUT2D eigenvalue weighted by molar-refractivity contribution is -0.120. The van der Waals surface area contributed by atoms with Gasteiger partial charge in [-0.15, -0.1) is 0 Å². The van der Waals surface area contributed by atoms with Gasteiger partial charge in [-0.25, -0.2) is 0 Å². The zero-order valence-electron chi connectivity index (χ0n) is 33.8. The van der Waals surface area contributed by atoms with Crippen LogP contribution in [0.15, 0.2) is 36.5 Å². The summed E-state index contributed by atoms with van der Waals surface area (Å²) in [5, 5.41) is 0. The minimum atomic E-state index is 0.493. The average Bonchev–Trinajstić information content (AvgIpc) is 3.12. The third kappa shape index (κ3) is 37.8. The maximum Gasteiger partial charge on any atom is 0.132 e. The van der Waals surface area contributed by atoms with E-state index in [2.05, 4.69) is 36.5 Å². The van der Waals surface area contributed by atoms with Crippen LogP contribution in [0.25, 0.3) is 0 Å². The van der Waals surface area contributed by atoms with Crippen LogP contribution >= 0.6 is 0 Å². The molecule has 0 heterocycles. The molecular weight excluding hydrogens is 625 g/mol. The largest absolute Gasteiger partial charge is 0.300 e. The molecule has 51 heavy (non-hydrogen) atoms. The first kappa shape index (κ1) is 47.3. The molecule has 0 saturated carbocycles. The Morgan fingerprint density at radius 1 is 0.196 bits per heavy atom. The third-order valence-electron chi connectivity index (χ3n) is 10.7. The van der Waals surface area contributed by atoms with Crippen LogP contribution in [-0.4, -0.2) is 17.3 Å². The van der Waals surface area contributed by atoms with Crippen LogP contribution in [0.3, 0.4) is 0 Å². The second-order valence-corrected chi connectivity index (χ2v) is 15.8. The van der Waals surface area contributed by atoms with Gasteiger partial charge in [0.1, 0.15) is 17.3 Å². The Balaban J connectivity index is 0.000000382. The van der Waals surface area contributed by atoms with Gasteiger partial charge in [-0.1, -0.05) is 133 Å². The normalized spacial score (nSPS) is 24.4. The Morgan fingerprint density at radius 2 is 0.333 bits per heavy atom. The van der Waals surface area contributed by atoms with Gasteiger partial charge < -0.3 is 0 Å². The Kier molecular flexibility index (Phi) is 36.5. The number of carbonyl (C=O) groups is 3. The molecule has 0 radical (unpaired) electrons. The predicted octanol–water partition coefficient (Wildman–Crippen LogP) is 15.6. The predicted molar refractivity (Wildman–Crippen MR) is 223 cm³/mol. The maximum absolute atomic E-state index is 11.6. The van der Waals surface area contributed by atoms with E-state index in [1.807, 2.05) is 0 Å². The molecule has 0 aliphatic heterocycles. The van der Waals surface area contributed by atoms with E-state index in [9.17, 15) is 14.4 Å². The maximum atomic E-state index is 11.6. The van der Waals surface area contributed by atoms with Gasteiger partial charge >= 0.3 is 0 Å². The number of ketones is 3. The van der Waals surface area contributed by atoms with Crippen LogP contribution in [0.4, 0.5) is 0 Å². The molecule has 0 aromatic heterocycles. The molecule has 3 nitrogen and oxygen atoms in total. The molecule has 0 amide bonds. The van der Waals surface area contributed by atoms with Crippen molar-refractivity contribution in [2.24, 2.45) is 0 Å². The van der Waals surface area contributed by atoms with E-state index in [1.165, 1.54) is 173 Å². The summed E-state index contributed by atoms with van der Waals surface area (Å²) in [7, 11) is 0. The number of rotatable bonds is 0. The lowest BCUT2D eigenvalue weighted by Crippen LogP contribution is -1.97. The summed E-state index contributed by atoms with van der Waals surface area (Å²) in [6.07, 6.45) is 60.3. The van der Waals surface area contributed by atoms with E-state index >= 15 is 0 Å². The molecule has 3 rings (SSSR count). The SMILES string of the molecule is O=C1CCCCC/C=C/CCCCCCCC1.O=C1CCCCCC/C=C\CCCCCCC1.O=C1CCCCCC/C=C\CCCCCCC1. The van der Waals surface area contributed by atoms with Gasteiger partial charge in [0.25, 0.3) is 0 Å². The Hall–Kier alpha value is -1.77. The summed E-state index contributed by atoms with van der Waals surface area (Å²) in [4.78, 5) is 34.7.